The molecule has 1 aromatic carbocycles. The molecule has 0 radical (unpaired) electrons. The van der Waals surface area contributed by atoms with Crippen LogP contribution in [0, 0.1) is 0 Å². The van der Waals surface area contributed by atoms with Crippen molar-refractivity contribution in [3.63, 3.8) is 0 Å². The highest BCUT2D eigenvalue weighted by Gasteiger charge is 2.25. The van der Waals surface area contributed by atoms with Gasteiger partial charge in [-0.25, -0.2) is 0 Å². The van der Waals surface area contributed by atoms with E-state index in [4.69, 9.17) is 5.73 Å². The Morgan fingerprint density at radius 1 is 1.05 bits per heavy atom. The van der Waals surface area contributed by atoms with Crippen molar-refractivity contribution in [3.05, 3.63) is 29.8 Å². The minimum absolute atomic E-state index is 0.168. The van der Waals surface area contributed by atoms with Crippen molar-refractivity contribution in [1.29, 1.82) is 0 Å². The average Bonchev–Trinajstić information content (AvgIpc) is 2.46. The summed E-state index contributed by atoms with van der Waals surface area (Å²) in [5.41, 5.74) is 8.92. The molecule has 1 saturated heterocycles. The molecule has 3 heteroatoms. The molecule has 0 aliphatic carbocycles. The zero-order chi connectivity index (χ0) is 14.8. The van der Waals surface area contributed by atoms with Crippen LogP contribution in [0.15, 0.2) is 24.3 Å². The molecule has 0 unspecified atom stereocenters. The minimum atomic E-state index is 0.168. The van der Waals surface area contributed by atoms with Gasteiger partial charge in [-0.05, 0) is 44.9 Å². The summed E-state index contributed by atoms with van der Waals surface area (Å²) in [6.07, 6.45) is 0.990. The largest absolute Gasteiger partial charge is 0.369 e. The lowest BCUT2D eigenvalue weighted by Gasteiger charge is -2.43. The van der Waals surface area contributed by atoms with Crippen LogP contribution in [0.1, 0.15) is 45.7 Å². The van der Waals surface area contributed by atoms with Crippen LogP contribution in [0.5, 0.6) is 0 Å². The van der Waals surface area contributed by atoms with Gasteiger partial charge in [-0.2, -0.15) is 0 Å². The van der Waals surface area contributed by atoms with E-state index in [-0.39, 0.29) is 11.6 Å². The van der Waals surface area contributed by atoms with Gasteiger partial charge < -0.3 is 10.6 Å². The van der Waals surface area contributed by atoms with Crippen LogP contribution in [-0.4, -0.2) is 36.6 Å². The highest BCUT2D eigenvalue weighted by molar-refractivity contribution is 5.48. The molecule has 0 spiro atoms. The average molecular weight is 275 g/mol. The molecule has 2 N–H and O–H groups in total. The lowest BCUT2D eigenvalue weighted by atomic mass is 10.0. The van der Waals surface area contributed by atoms with E-state index in [0.717, 1.165) is 32.6 Å². The van der Waals surface area contributed by atoms with E-state index >= 15 is 0 Å². The lowest BCUT2D eigenvalue weighted by molar-refractivity contribution is 0.128. The van der Waals surface area contributed by atoms with Crippen molar-refractivity contribution < 1.29 is 0 Å². The summed E-state index contributed by atoms with van der Waals surface area (Å²) in [4.78, 5) is 5.04. The molecule has 1 fully saturated rings. The fraction of sp³-hybridized carbons (Fsp3) is 0.647. The zero-order valence-corrected chi connectivity index (χ0v) is 13.4. The Labute approximate surface area is 123 Å². The fourth-order valence-corrected chi connectivity index (χ4v) is 2.80. The Bertz CT molecular complexity index is 411. The first-order valence-corrected chi connectivity index (χ1v) is 7.77. The highest BCUT2D eigenvalue weighted by Crippen LogP contribution is 2.23. The van der Waals surface area contributed by atoms with Gasteiger partial charge in [0.25, 0.3) is 0 Å². The first-order chi connectivity index (χ1) is 9.41. The Morgan fingerprint density at radius 3 is 2.05 bits per heavy atom. The number of anilines is 1. The van der Waals surface area contributed by atoms with Gasteiger partial charge in [0, 0.05) is 43.4 Å². The molecule has 2 rings (SSSR count). The summed E-state index contributed by atoms with van der Waals surface area (Å²) in [6.45, 7) is 13.5. The molecule has 1 heterocycles. The van der Waals surface area contributed by atoms with Gasteiger partial charge in [-0.1, -0.05) is 19.1 Å². The predicted molar refractivity (Wildman–Crippen MR) is 87.2 cm³/mol. The Kier molecular flexibility index (Phi) is 4.71. The number of rotatable bonds is 3. The molecule has 1 aliphatic heterocycles. The van der Waals surface area contributed by atoms with Crippen molar-refractivity contribution in [3.8, 4) is 0 Å². The Balaban J connectivity index is 1.97. The molecule has 0 aromatic heterocycles. The summed E-state index contributed by atoms with van der Waals surface area (Å²) >= 11 is 0. The summed E-state index contributed by atoms with van der Waals surface area (Å²) in [5.74, 6) is 0. The predicted octanol–water partition coefficient (Wildman–Crippen LogP) is 3.02. The van der Waals surface area contributed by atoms with E-state index in [1.807, 2.05) is 0 Å². The first-order valence-electron chi connectivity index (χ1n) is 7.77. The molecular formula is C17H29N3. The van der Waals surface area contributed by atoms with Crippen molar-refractivity contribution in [2.24, 2.45) is 5.73 Å². The summed E-state index contributed by atoms with van der Waals surface area (Å²) in [5, 5.41) is 0. The smallest absolute Gasteiger partial charge is 0.0367 e. The molecule has 1 aromatic rings. The quantitative estimate of drug-likeness (QED) is 0.920. The number of nitrogens with zero attached hydrogens (tertiary/aromatic N) is 2. The minimum Gasteiger partial charge on any atom is -0.369 e. The molecule has 0 bridgehead atoms. The molecule has 0 amide bonds. The number of nitrogens with two attached hydrogens (primary N) is 1. The van der Waals surface area contributed by atoms with Gasteiger partial charge in [0.1, 0.15) is 0 Å². The molecule has 3 nitrogen and oxygen atoms in total. The summed E-state index contributed by atoms with van der Waals surface area (Å²) < 4.78 is 0. The SMILES string of the molecule is CC[C@@H](N)c1ccc(N2CCN(C(C)(C)C)CC2)cc1. The van der Waals surface area contributed by atoms with Crippen LogP contribution >= 0.6 is 0 Å². The third-order valence-corrected chi connectivity index (χ3v) is 4.35. The van der Waals surface area contributed by atoms with Crippen molar-refractivity contribution in [2.75, 3.05) is 31.1 Å². The molecular weight excluding hydrogens is 246 g/mol. The zero-order valence-electron chi connectivity index (χ0n) is 13.4. The second-order valence-corrected chi connectivity index (χ2v) is 6.75. The van der Waals surface area contributed by atoms with Crippen LogP contribution in [0.25, 0.3) is 0 Å². The van der Waals surface area contributed by atoms with Crippen LogP contribution < -0.4 is 10.6 Å². The van der Waals surface area contributed by atoms with E-state index in [2.05, 4.69) is 61.8 Å². The second kappa shape index (κ2) is 6.15. The molecule has 1 aliphatic rings. The van der Waals surface area contributed by atoms with Crippen molar-refractivity contribution in [1.82, 2.24) is 4.90 Å². The summed E-state index contributed by atoms with van der Waals surface area (Å²) in [6, 6.07) is 8.97. The van der Waals surface area contributed by atoms with Gasteiger partial charge in [0.05, 0.1) is 0 Å². The standard InChI is InChI=1S/C17H29N3/c1-5-16(18)14-6-8-15(9-7-14)19-10-12-20(13-11-19)17(2,3)4/h6-9,16H,5,10-13,18H2,1-4H3/t16-/m1/s1. The van der Waals surface area contributed by atoms with Crippen LogP contribution in [0.2, 0.25) is 0 Å². The maximum absolute atomic E-state index is 6.07. The topological polar surface area (TPSA) is 32.5 Å². The maximum atomic E-state index is 6.07. The molecule has 112 valence electrons. The van der Waals surface area contributed by atoms with E-state index in [1.165, 1.54) is 11.3 Å². The highest BCUT2D eigenvalue weighted by atomic mass is 15.3. The third kappa shape index (κ3) is 3.53. The molecule has 20 heavy (non-hydrogen) atoms. The monoisotopic (exact) mass is 275 g/mol. The Hall–Kier alpha value is -1.06. The fourth-order valence-electron chi connectivity index (χ4n) is 2.80. The normalized spacial score (nSPS) is 19.1. The van der Waals surface area contributed by atoms with Crippen molar-refractivity contribution in [2.45, 2.75) is 45.7 Å². The van der Waals surface area contributed by atoms with E-state index in [1.54, 1.807) is 0 Å². The lowest BCUT2D eigenvalue weighted by Crippen LogP contribution is -2.53. The number of hydrogen-bond acceptors (Lipinski definition) is 3. The molecule has 0 saturated carbocycles. The van der Waals surface area contributed by atoms with Gasteiger partial charge in [-0.3, -0.25) is 4.90 Å². The maximum Gasteiger partial charge on any atom is 0.0367 e. The third-order valence-electron chi connectivity index (χ3n) is 4.35. The van der Waals surface area contributed by atoms with Gasteiger partial charge in [-0.15, -0.1) is 0 Å². The summed E-state index contributed by atoms with van der Waals surface area (Å²) in [7, 11) is 0. The number of hydrogen-bond donors (Lipinski definition) is 1. The van der Waals surface area contributed by atoms with Gasteiger partial charge >= 0.3 is 0 Å². The van der Waals surface area contributed by atoms with E-state index < -0.39 is 0 Å². The second-order valence-electron chi connectivity index (χ2n) is 6.75. The van der Waals surface area contributed by atoms with E-state index in [9.17, 15) is 0 Å². The number of piperazine rings is 1. The van der Waals surface area contributed by atoms with Gasteiger partial charge in [0.15, 0.2) is 0 Å². The van der Waals surface area contributed by atoms with Crippen LogP contribution in [-0.2, 0) is 0 Å². The van der Waals surface area contributed by atoms with Gasteiger partial charge in [0.2, 0.25) is 0 Å². The molecule has 1 atom stereocenters. The Morgan fingerprint density at radius 2 is 1.60 bits per heavy atom. The van der Waals surface area contributed by atoms with E-state index in [0.29, 0.717) is 0 Å². The van der Waals surface area contributed by atoms with Crippen LogP contribution in [0.4, 0.5) is 5.69 Å². The van der Waals surface area contributed by atoms with Crippen molar-refractivity contribution >= 4 is 5.69 Å². The first kappa shape index (κ1) is 15.3. The van der Waals surface area contributed by atoms with Crippen LogP contribution in [0.3, 0.4) is 0 Å². The number of benzene rings is 1.